The van der Waals surface area contributed by atoms with Gasteiger partial charge in [0.2, 0.25) is 0 Å². The maximum Gasteiger partial charge on any atom is 0.326 e. The smallest absolute Gasteiger partial charge is 0.326 e. The molecule has 7 heteroatoms. The van der Waals surface area contributed by atoms with Crippen LogP contribution < -0.4 is 5.32 Å². The van der Waals surface area contributed by atoms with Crippen molar-refractivity contribution in [1.82, 2.24) is 4.90 Å². The number of urea groups is 1. The summed E-state index contributed by atoms with van der Waals surface area (Å²) in [6.45, 7) is 2.00. The van der Waals surface area contributed by atoms with Crippen LogP contribution in [-0.4, -0.2) is 45.8 Å². The highest BCUT2D eigenvalue weighted by molar-refractivity contribution is 9.10. The molecule has 1 saturated heterocycles. The summed E-state index contributed by atoms with van der Waals surface area (Å²) in [6, 6.07) is 3.99. The second-order valence-corrected chi connectivity index (χ2v) is 5.90. The lowest BCUT2D eigenvalue weighted by atomic mass is 10.1. The highest BCUT2D eigenvalue weighted by atomic mass is 79.9. The number of carbonyl (C=O) groups excluding carboxylic acids is 1. The number of rotatable bonds is 3. The van der Waals surface area contributed by atoms with E-state index in [0.717, 1.165) is 21.4 Å². The molecule has 2 rings (SSSR count). The van der Waals surface area contributed by atoms with E-state index in [2.05, 4.69) is 21.2 Å². The van der Waals surface area contributed by atoms with E-state index >= 15 is 0 Å². The summed E-state index contributed by atoms with van der Waals surface area (Å²) in [7, 11) is 0. The lowest BCUT2D eigenvalue weighted by Crippen LogP contribution is -2.43. The highest BCUT2D eigenvalue weighted by Gasteiger charge is 2.39. The van der Waals surface area contributed by atoms with Gasteiger partial charge in [-0.1, -0.05) is 22.9 Å². The van der Waals surface area contributed by atoms with Crippen LogP contribution in [0.15, 0.2) is 22.7 Å². The van der Waals surface area contributed by atoms with Gasteiger partial charge in [-0.25, -0.2) is 9.59 Å². The van der Waals surface area contributed by atoms with Crippen molar-refractivity contribution in [1.29, 1.82) is 0 Å². The Morgan fingerprint density at radius 1 is 1.48 bits per heavy atom. The Hall–Kier alpha value is -1.60. The van der Waals surface area contributed by atoms with Crippen LogP contribution in [-0.2, 0) is 11.2 Å². The number of β-amino-alcohol motifs (C(OH)–C–C–N with tert-alkyl or cyclic N) is 1. The van der Waals surface area contributed by atoms with Gasteiger partial charge in [0.1, 0.15) is 6.04 Å². The monoisotopic (exact) mass is 356 g/mol. The molecule has 0 radical (unpaired) electrons. The third-order valence-electron chi connectivity index (χ3n) is 3.51. The average molecular weight is 357 g/mol. The minimum absolute atomic E-state index is 0.0286. The van der Waals surface area contributed by atoms with Crippen molar-refractivity contribution in [3.63, 3.8) is 0 Å². The Balaban J connectivity index is 2.16. The summed E-state index contributed by atoms with van der Waals surface area (Å²) < 4.78 is 0.914. The fourth-order valence-corrected chi connectivity index (χ4v) is 2.84. The molecule has 1 heterocycles. The third-order valence-corrected chi connectivity index (χ3v) is 4.01. The molecule has 0 saturated carbocycles. The first-order chi connectivity index (χ1) is 9.92. The van der Waals surface area contributed by atoms with Gasteiger partial charge in [-0.15, -0.1) is 0 Å². The number of carbonyl (C=O) groups is 2. The summed E-state index contributed by atoms with van der Waals surface area (Å²) in [6.07, 6.45) is -0.00329. The van der Waals surface area contributed by atoms with E-state index in [4.69, 9.17) is 5.11 Å². The number of aliphatic carboxylic acids is 1. The van der Waals surface area contributed by atoms with E-state index in [1.54, 1.807) is 6.07 Å². The number of anilines is 1. The first-order valence-electron chi connectivity index (χ1n) is 6.69. The molecule has 1 fully saturated rings. The van der Waals surface area contributed by atoms with Gasteiger partial charge in [-0.2, -0.15) is 0 Å². The number of carboxylic acids is 1. The zero-order chi connectivity index (χ0) is 15.6. The van der Waals surface area contributed by atoms with Crippen LogP contribution in [0.4, 0.5) is 10.5 Å². The molecule has 0 unspecified atom stereocenters. The Morgan fingerprint density at radius 3 is 2.81 bits per heavy atom. The minimum Gasteiger partial charge on any atom is -0.480 e. The molecule has 114 valence electrons. The quantitative estimate of drug-likeness (QED) is 0.773. The van der Waals surface area contributed by atoms with Crippen LogP contribution in [0.25, 0.3) is 0 Å². The van der Waals surface area contributed by atoms with E-state index in [9.17, 15) is 14.7 Å². The van der Waals surface area contributed by atoms with Gasteiger partial charge in [-0.05, 0) is 30.2 Å². The first-order valence-corrected chi connectivity index (χ1v) is 7.48. The number of aliphatic hydroxyl groups excluding tert-OH is 1. The number of nitrogens with one attached hydrogen (secondary N) is 1. The van der Waals surface area contributed by atoms with Crippen LogP contribution >= 0.6 is 15.9 Å². The number of hydrogen-bond donors (Lipinski definition) is 3. The van der Waals surface area contributed by atoms with Gasteiger partial charge in [0.15, 0.2) is 0 Å². The Morgan fingerprint density at radius 2 is 2.19 bits per heavy atom. The molecular formula is C14H17BrN2O4. The van der Waals surface area contributed by atoms with Crippen LogP contribution in [0.5, 0.6) is 0 Å². The summed E-state index contributed by atoms with van der Waals surface area (Å²) in [5.74, 6) is -1.10. The molecule has 2 atom stereocenters. The van der Waals surface area contributed by atoms with E-state index < -0.39 is 24.1 Å². The second-order valence-electron chi connectivity index (χ2n) is 4.98. The lowest BCUT2D eigenvalue weighted by molar-refractivity contribution is -0.141. The molecule has 2 amide bonds. The van der Waals surface area contributed by atoms with E-state index in [-0.39, 0.29) is 13.0 Å². The van der Waals surface area contributed by atoms with Crippen LogP contribution in [0.2, 0.25) is 0 Å². The molecule has 1 aliphatic heterocycles. The van der Waals surface area contributed by atoms with Crippen LogP contribution in [0, 0.1) is 0 Å². The van der Waals surface area contributed by atoms with Crippen molar-refractivity contribution in [3.8, 4) is 0 Å². The number of carboxylic acid groups (broad SMARTS) is 1. The number of nitrogens with zero attached hydrogens (tertiary/aromatic N) is 1. The van der Waals surface area contributed by atoms with E-state index in [1.165, 1.54) is 0 Å². The minimum atomic E-state index is -1.10. The normalized spacial score (nSPS) is 21.4. The van der Waals surface area contributed by atoms with Crippen molar-refractivity contribution in [2.75, 3.05) is 11.9 Å². The van der Waals surface area contributed by atoms with Gasteiger partial charge in [0.25, 0.3) is 0 Å². The Kier molecular flexibility index (Phi) is 4.84. The van der Waals surface area contributed by atoms with Crippen molar-refractivity contribution >= 4 is 33.6 Å². The number of halogens is 1. The number of aryl methyl sites for hydroxylation is 1. The molecule has 1 aromatic carbocycles. The summed E-state index contributed by atoms with van der Waals surface area (Å²) in [5.41, 5.74) is 1.60. The molecule has 21 heavy (non-hydrogen) atoms. The first kappa shape index (κ1) is 15.8. The molecule has 0 spiro atoms. The second kappa shape index (κ2) is 6.44. The number of aliphatic hydroxyl groups is 1. The van der Waals surface area contributed by atoms with Gasteiger partial charge >= 0.3 is 12.0 Å². The van der Waals surface area contributed by atoms with Crippen molar-refractivity contribution in [2.45, 2.75) is 31.9 Å². The molecular weight excluding hydrogens is 340 g/mol. The maximum atomic E-state index is 12.3. The fraction of sp³-hybridized carbons (Fsp3) is 0.429. The third kappa shape index (κ3) is 3.54. The fourth-order valence-electron chi connectivity index (χ4n) is 2.44. The van der Waals surface area contributed by atoms with Crippen LogP contribution in [0.3, 0.4) is 0 Å². The average Bonchev–Trinajstić information content (AvgIpc) is 2.83. The van der Waals surface area contributed by atoms with Gasteiger partial charge in [0, 0.05) is 23.1 Å². The summed E-state index contributed by atoms with van der Waals surface area (Å²) in [4.78, 5) is 24.6. The Bertz CT molecular complexity index is 564. The zero-order valence-electron chi connectivity index (χ0n) is 11.5. The zero-order valence-corrected chi connectivity index (χ0v) is 13.1. The van der Waals surface area contributed by atoms with Crippen molar-refractivity contribution < 1.29 is 19.8 Å². The molecule has 1 aliphatic rings. The van der Waals surface area contributed by atoms with E-state index in [0.29, 0.717) is 5.69 Å². The largest absolute Gasteiger partial charge is 0.480 e. The van der Waals surface area contributed by atoms with Crippen molar-refractivity contribution in [2.24, 2.45) is 0 Å². The van der Waals surface area contributed by atoms with Gasteiger partial charge in [-0.3, -0.25) is 0 Å². The maximum absolute atomic E-state index is 12.3. The van der Waals surface area contributed by atoms with Crippen LogP contribution in [0.1, 0.15) is 18.9 Å². The van der Waals surface area contributed by atoms with E-state index in [1.807, 2.05) is 19.1 Å². The molecule has 0 aromatic heterocycles. The number of amides is 2. The summed E-state index contributed by atoms with van der Waals surface area (Å²) >= 11 is 3.37. The van der Waals surface area contributed by atoms with Gasteiger partial charge < -0.3 is 20.4 Å². The highest BCUT2D eigenvalue weighted by Crippen LogP contribution is 2.24. The number of benzene rings is 1. The predicted octanol–water partition coefficient (Wildman–Crippen LogP) is 2.06. The Labute approximate surface area is 130 Å². The number of likely N-dealkylation sites (tertiary alicyclic amines) is 1. The molecule has 6 nitrogen and oxygen atoms in total. The lowest BCUT2D eigenvalue weighted by Gasteiger charge is -2.22. The SMILES string of the molecule is CCc1cc(Br)ccc1NC(=O)N1C[C@@H](O)C[C@H]1C(=O)O. The summed E-state index contributed by atoms with van der Waals surface area (Å²) in [5, 5.41) is 21.4. The molecule has 1 aromatic rings. The molecule has 3 N–H and O–H groups in total. The van der Waals surface area contributed by atoms with Gasteiger partial charge in [0.05, 0.1) is 6.10 Å². The standard InChI is InChI=1S/C14H17BrN2O4/c1-2-8-5-9(15)3-4-11(8)16-14(21)17-7-10(18)6-12(17)13(19)20/h3-5,10,12,18H,2,6-7H2,1H3,(H,16,21)(H,19,20)/t10-,12-/m0/s1. The topological polar surface area (TPSA) is 89.9 Å². The predicted molar refractivity (Wildman–Crippen MR) is 81.3 cm³/mol. The molecule has 0 bridgehead atoms. The number of hydrogen-bond acceptors (Lipinski definition) is 3. The molecule has 0 aliphatic carbocycles. The van der Waals surface area contributed by atoms with Crippen molar-refractivity contribution in [3.05, 3.63) is 28.2 Å².